The summed E-state index contributed by atoms with van der Waals surface area (Å²) in [7, 11) is 1.41. The maximum Gasteiger partial charge on any atom is 0.291 e. The van der Waals surface area contributed by atoms with E-state index in [2.05, 4.69) is 5.32 Å². The predicted molar refractivity (Wildman–Crippen MR) is 127 cm³/mol. The quantitative estimate of drug-likeness (QED) is 0.254. The van der Waals surface area contributed by atoms with Crippen LogP contribution in [0, 0.1) is 10.1 Å². The molecule has 1 aromatic heterocycles. The van der Waals surface area contributed by atoms with Gasteiger partial charge >= 0.3 is 0 Å². The Bertz CT molecular complexity index is 1350. The van der Waals surface area contributed by atoms with E-state index in [4.69, 9.17) is 20.8 Å². The molecule has 0 fully saturated rings. The summed E-state index contributed by atoms with van der Waals surface area (Å²) in [5, 5.41) is 25.5. The highest BCUT2D eigenvalue weighted by atomic mass is 35.5. The van der Waals surface area contributed by atoms with Gasteiger partial charge in [0.25, 0.3) is 11.6 Å². The van der Waals surface area contributed by atoms with Crippen molar-refractivity contribution in [1.82, 2.24) is 0 Å². The number of carbonyl (C=O) groups is 1. The number of aliphatic hydroxyl groups excluding tert-OH is 1. The van der Waals surface area contributed by atoms with Gasteiger partial charge in [-0.3, -0.25) is 14.9 Å². The van der Waals surface area contributed by atoms with Crippen LogP contribution in [0.5, 0.6) is 5.75 Å². The largest absolute Gasteiger partial charge is 0.497 e. The summed E-state index contributed by atoms with van der Waals surface area (Å²) in [5.74, 6) is -0.172. The Morgan fingerprint density at radius 3 is 2.56 bits per heavy atom. The Morgan fingerprint density at radius 2 is 1.85 bits per heavy atom. The number of nitrogens with one attached hydrogen (secondary N) is 1. The van der Waals surface area contributed by atoms with Gasteiger partial charge in [-0.1, -0.05) is 41.9 Å². The van der Waals surface area contributed by atoms with Crippen molar-refractivity contribution in [2.75, 3.05) is 12.4 Å². The molecule has 0 saturated carbocycles. The second-order valence-electron chi connectivity index (χ2n) is 7.30. The molecule has 0 radical (unpaired) electrons. The number of carbonyl (C=O) groups excluding carboxylic acids is 1. The van der Waals surface area contributed by atoms with Crippen molar-refractivity contribution in [2.45, 2.75) is 6.10 Å². The molecule has 1 heterocycles. The summed E-state index contributed by atoms with van der Waals surface area (Å²) in [6, 6.07) is 20.9. The van der Waals surface area contributed by atoms with Crippen LogP contribution in [-0.4, -0.2) is 23.0 Å². The second-order valence-corrected chi connectivity index (χ2v) is 7.74. The maximum absolute atomic E-state index is 12.9. The normalized spacial score (nSPS) is 11.6. The number of amides is 1. The molecule has 0 spiro atoms. The smallest absolute Gasteiger partial charge is 0.291 e. The van der Waals surface area contributed by atoms with Crippen LogP contribution in [0.25, 0.3) is 11.3 Å². The Balaban J connectivity index is 1.62. The number of hydrogen-bond acceptors (Lipinski definition) is 6. The fourth-order valence-corrected chi connectivity index (χ4v) is 3.66. The highest BCUT2D eigenvalue weighted by molar-refractivity contribution is 6.30. The lowest BCUT2D eigenvalue weighted by atomic mass is 10.00. The SMILES string of the molecule is COc1ccc(-c2ccc(C(=O)Nc3ccc(Cl)cc3[C@H](O)c3ccccc3)o2)c([N+](=O)[O-])c1. The first kappa shape index (κ1) is 23.0. The van der Waals surface area contributed by atoms with Crippen LogP contribution in [0.3, 0.4) is 0 Å². The number of benzene rings is 3. The number of rotatable bonds is 7. The molecule has 0 aliphatic heterocycles. The number of anilines is 1. The van der Waals surface area contributed by atoms with E-state index in [-0.39, 0.29) is 22.8 Å². The molecule has 4 rings (SSSR count). The zero-order valence-corrected chi connectivity index (χ0v) is 18.7. The molecule has 1 amide bonds. The Labute approximate surface area is 199 Å². The lowest BCUT2D eigenvalue weighted by molar-refractivity contribution is -0.384. The molecule has 0 aliphatic rings. The Hall–Kier alpha value is -4.14. The fourth-order valence-electron chi connectivity index (χ4n) is 3.47. The summed E-state index contributed by atoms with van der Waals surface area (Å²) in [6.07, 6.45) is -1.02. The molecule has 4 aromatic rings. The number of hydrogen-bond donors (Lipinski definition) is 2. The molecule has 2 N–H and O–H groups in total. The number of nitro benzene ring substituents is 1. The van der Waals surface area contributed by atoms with Crippen LogP contribution in [0.2, 0.25) is 5.02 Å². The van der Waals surface area contributed by atoms with E-state index in [0.717, 1.165) is 0 Å². The van der Waals surface area contributed by atoms with Crippen molar-refractivity contribution in [3.8, 4) is 17.1 Å². The van der Waals surface area contributed by atoms with E-state index >= 15 is 0 Å². The second kappa shape index (κ2) is 9.78. The molecule has 34 heavy (non-hydrogen) atoms. The minimum Gasteiger partial charge on any atom is -0.497 e. The monoisotopic (exact) mass is 478 g/mol. The van der Waals surface area contributed by atoms with Gasteiger partial charge in [0.15, 0.2) is 5.76 Å². The minimum absolute atomic E-state index is 0.0600. The molecule has 1 atom stereocenters. The Kier molecular flexibility index (Phi) is 6.62. The summed E-state index contributed by atoms with van der Waals surface area (Å²) >= 11 is 6.13. The standard InChI is InChI=1S/C25H19ClN2O6/c1-33-17-8-9-18(21(14-17)28(31)32)22-11-12-23(34-22)25(30)27-20-10-7-16(26)13-19(20)24(29)15-5-3-2-4-6-15/h2-14,24,29H,1H3,(H,27,30)/t24-/m1/s1. The van der Waals surface area contributed by atoms with Gasteiger partial charge in [-0.05, 0) is 48.0 Å². The van der Waals surface area contributed by atoms with Gasteiger partial charge in [0, 0.05) is 16.3 Å². The van der Waals surface area contributed by atoms with Crippen molar-refractivity contribution in [1.29, 1.82) is 0 Å². The van der Waals surface area contributed by atoms with Gasteiger partial charge in [0.05, 0.1) is 23.7 Å². The molecule has 0 bridgehead atoms. The first-order valence-electron chi connectivity index (χ1n) is 10.1. The van der Waals surface area contributed by atoms with Gasteiger partial charge in [0.1, 0.15) is 17.6 Å². The van der Waals surface area contributed by atoms with Gasteiger partial charge in [-0.2, -0.15) is 0 Å². The highest BCUT2D eigenvalue weighted by Gasteiger charge is 2.22. The number of nitro groups is 1. The lowest BCUT2D eigenvalue weighted by Gasteiger charge is -2.17. The van der Waals surface area contributed by atoms with Gasteiger partial charge in [-0.15, -0.1) is 0 Å². The van der Waals surface area contributed by atoms with Crippen LogP contribution in [-0.2, 0) is 0 Å². The molecular formula is C25H19ClN2O6. The van der Waals surface area contributed by atoms with Gasteiger partial charge < -0.3 is 19.6 Å². The minimum atomic E-state index is -1.02. The van der Waals surface area contributed by atoms with Crippen LogP contribution in [0.1, 0.15) is 27.8 Å². The highest BCUT2D eigenvalue weighted by Crippen LogP contribution is 2.35. The van der Waals surface area contributed by atoms with E-state index in [1.54, 1.807) is 48.5 Å². The third-order valence-electron chi connectivity index (χ3n) is 5.17. The van der Waals surface area contributed by atoms with Crippen molar-refractivity contribution < 1.29 is 24.0 Å². The van der Waals surface area contributed by atoms with E-state index in [1.807, 2.05) is 6.07 Å². The van der Waals surface area contributed by atoms with E-state index in [1.165, 1.54) is 31.4 Å². The van der Waals surface area contributed by atoms with E-state index < -0.39 is 16.9 Å². The molecule has 0 saturated heterocycles. The zero-order chi connectivity index (χ0) is 24.2. The number of ether oxygens (including phenoxy) is 1. The topological polar surface area (TPSA) is 115 Å². The van der Waals surface area contributed by atoms with Crippen LogP contribution in [0.4, 0.5) is 11.4 Å². The number of furan rings is 1. The molecule has 3 aromatic carbocycles. The first-order valence-corrected chi connectivity index (χ1v) is 10.5. The molecule has 0 aliphatic carbocycles. The number of halogens is 1. The summed E-state index contributed by atoms with van der Waals surface area (Å²) in [5.41, 5.74) is 1.37. The molecule has 172 valence electrons. The van der Waals surface area contributed by atoms with E-state index in [9.17, 15) is 20.0 Å². The van der Waals surface area contributed by atoms with Gasteiger partial charge in [-0.25, -0.2) is 0 Å². The predicted octanol–water partition coefficient (Wildman–Crippen LogP) is 5.85. The molecular weight excluding hydrogens is 460 g/mol. The first-order chi connectivity index (χ1) is 16.4. The van der Waals surface area contributed by atoms with Crippen LogP contribution < -0.4 is 10.1 Å². The summed E-state index contributed by atoms with van der Waals surface area (Å²) < 4.78 is 10.7. The van der Waals surface area contributed by atoms with Crippen molar-refractivity contribution in [3.05, 3.63) is 111 Å². The summed E-state index contributed by atoms with van der Waals surface area (Å²) in [4.78, 5) is 23.8. The van der Waals surface area contributed by atoms with Gasteiger partial charge in [0.2, 0.25) is 0 Å². The number of methoxy groups -OCH3 is 1. The van der Waals surface area contributed by atoms with Crippen LogP contribution >= 0.6 is 11.6 Å². The number of aliphatic hydroxyl groups is 1. The van der Waals surface area contributed by atoms with Crippen molar-refractivity contribution >= 4 is 28.9 Å². The maximum atomic E-state index is 12.9. The van der Waals surface area contributed by atoms with E-state index in [0.29, 0.717) is 27.6 Å². The zero-order valence-electron chi connectivity index (χ0n) is 17.9. The average Bonchev–Trinajstić information content (AvgIpc) is 3.35. The molecule has 0 unspecified atom stereocenters. The van der Waals surface area contributed by atoms with Crippen LogP contribution in [0.15, 0.2) is 83.3 Å². The van der Waals surface area contributed by atoms with Crippen molar-refractivity contribution in [2.24, 2.45) is 0 Å². The summed E-state index contributed by atoms with van der Waals surface area (Å²) in [6.45, 7) is 0. The Morgan fingerprint density at radius 1 is 1.09 bits per heavy atom. The fraction of sp³-hybridized carbons (Fsp3) is 0.0800. The number of nitrogens with zero attached hydrogens (tertiary/aromatic N) is 1. The van der Waals surface area contributed by atoms with Crippen molar-refractivity contribution in [3.63, 3.8) is 0 Å². The third kappa shape index (κ3) is 4.78. The molecule has 8 nitrogen and oxygen atoms in total. The third-order valence-corrected chi connectivity index (χ3v) is 5.40. The average molecular weight is 479 g/mol. The lowest BCUT2D eigenvalue weighted by Crippen LogP contribution is -2.14. The molecule has 9 heteroatoms.